The van der Waals surface area contributed by atoms with Crippen molar-refractivity contribution in [1.29, 1.82) is 0 Å². The standard InChI is InChI=1S/C17H14BrNO3/c1-20-12-8-6-11(7-9-12)16-10-14(19-22-16)17-13(18)4-3-5-15(17)21-2/h3-10H,1-2H3. The van der Waals surface area contributed by atoms with Crippen molar-refractivity contribution in [2.75, 3.05) is 14.2 Å². The summed E-state index contributed by atoms with van der Waals surface area (Å²) in [4.78, 5) is 0. The van der Waals surface area contributed by atoms with Gasteiger partial charge >= 0.3 is 0 Å². The van der Waals surface area contributed by atoms with E-state index in [1.54, 1.807) is 14.2 Å². The molecule has 1 aromatic heterocycles. The van der Waals surface area contributed by atoms with Gasteiger partial charge in [0, 0.05) is 16.1 Å². The van der Waals surface area contributed by atoms with E-state index in [1.165, 1.54) is 0 Å². The zero-order chi connectivity index (χ0) is 15.5. The maximum absolute atomic E-state index is 5.47. The molecule has 3 rings (SSSR count). The Morgan fingerprint density at radius 1 is 1.00 bits per heavy atom. The topological polar surface area (TPSA) is 44.5 Å². The number of halogens is 1. The minimum Gasteiger partial charge on any atom is -0.497 e. The van der Waals surface area contributed by atoms with Crippen LogP contribution in [0.1, 0.15) is 0 Å². The molecule has 0 aliphatic rings. The van der Waals surface area contributed by atoms with Crippen LogP contribution in [0.15, 0.2) is 57.5 Å². The molecule has 5 heteroatoms. The first-order chi connectivity index (χ1) is 10.7. The van der Waals surface area contributed by atoms with Crippen LogP contribution in [-0.2, 0) is 0 Å². The van der Waals surface area contributed by atoms with Crippen molar-refractivity contribution < 1.29 is 14.0 Å². The highest BCUT2D eigenvalue weighted by Crippen LogP contribution is 2.37. The van der Waals surface area contributed by atoms with Crippen LogP contribution < -0.4 is 9.47 Å². The molecule has 0 bridgehead atoms. The molecule has 0 saturated heterocycles. The number of ether oxygens (including phenoxy) is 2. The maximum atomic E-state index is 5.47. The normalized spacial score (nSPS) is 10.5. The number of rotatable bonds is 4. The van der Waals surface area contributed by atoms with Crippen molar-refractivity contribution in [1.82, 2.24) is 5.16 Å². The summed E-state index contributed by atoms with van der Waals surface area (Å²) in [5, 5.41) is 4.16. The zero-order valence-corrected chi connectivity index (χ0v) is 13.8. The minimum absolute atomic E-state index is 0.690. The molecule has 0 aliphatic heterocycles. The summed E-state index contributed by atoms with van der Waals surface area (Å²) in [6, 6.07) is 15.3. The smallest absolute Gasteiger partial charge is 0.167 e. The Kier molecular flexibility index (Phi) is 4.15. The summed E-state index contributed by atoms with van der Waals surface area (Å²) >= 11 is 3.53. The molecule has 22 heavy (non-hydrogen) atoms. The van der Waals surface area contributed by atoms with Crippen LogP contribution in [0.3, 0.4) is 0 Å². The molecule has 1 heterocycles. The van der Waals surface area contributed by atoms with Crippen molar-refractivity contribution in [3.8, 4) is 34.1 Å². The lowest BCUT2D eigenvalue weighted by Gasteiger charge is -2.07. The van der Waals surface area contributed by atoms with Crippen LogP contribution in [0.25, 0.3) is 22.6 Å². The molecule has 0 spiro atoms. The monoisotopic (exact) mass is 359 g/mol. The van der Waals surface area contributed by atoms with Crippen molar-refractivity contribution in [2.24, 2.45) is 0 Å². The van der Waals surface area contributed by atoms with Crippen molar-refractivity contribution in [3.63, 3.8) is 0 Å². The number of hydrogen-bond acceptors (Lipinski definition) is 4. The number of aromatic nitrogens is 1. The van der Waals surface area contributed by atoms with E-state index in [4.69, 9.17) is 14.0 Å². The largest absolute Gasteiger partial charge is 0.497 e. The van der Waals surface area contributed by atoms with Crippen LogP contribution in [-0.4, -0.2) is 19.4 Å². The zero-order valence-electron chi connectivity index (χ0n) is 12.2. The van der Waals surface area contributed by atoms with Gasteiger partial charge in [0.25, 0.3) is 0 Å². The van der Waals surface area contributed by atoms with Crippen LogP contribution in [0.4, 0.5) is 0 Å². The lowest BCUT2D eigenvalue weighted by molar-refractivity contribution is 0.412. The van der Waals surface area contributed by atoms with Gasteiger partial charge in [-0.25, -0.2) is 0 Å². The van der Waals surface area contributed by atoms with E-state index in [2.05, 4.69) is 21.1 Å². The molecule has 112 valence electrons. The van der Waals surface area contributed by atoms with Crippen LogP contribution >= 0.6 is 15.9 Å². The first kappa shape index (κ1) is 14.7. The fourth-order valence-electron chi connectivity index (χ4n) is 2.21. The Hall–Kier alpha value is -2.27. The third kappa shape index (κ3) is 2.72. The van der Waals surface area contributed by atoms with E-state index in [0.717, 1.165) is 32.8 Å². The van der Waals surface area contributed by atoms with Gasteiger partial charge in [-0.15, -0.1) is 0 Å². The highest BCUT2D eigenvalue weighted by atomic mass is 79.9. The van der Waals surface area contributed by atoms with Gasteiger partial charge in [0.2, 0.25) is 0 Å². The molecule has 0 amide bonds. The van der Waals surface area contributed by atoms with Gasteiger partial charge in [-0.1, -0.05) is 11.2 Å². The summed E-state index contributed by atoms with van der Waals surface area (Å²) in [5.74, 6) is 2.23. The first-order valence-corrected chi connectivity index (χ1v) is 7.46. The number of benzene rings is 2. The van der Waals surface area contributed by atoms with Gasteiger partial charge in [0.15, 0.2) is 5.76 Å². The van der Waals surface area contributed by atoms with Crippen molar-refractivity contribution in [3.05, 3.63) is 53.0 Å². The van der Waals surface area contributed by atoms with E-state index in [9.17, 15) is 0 Å². The molecule has 0 fully saturated rings. The van der Waals surface area contributed by atoms with Crippen LogP contribution in [0.5, 0.6) is 11.5 Å². The lowest BCUT2D eigenvalue weighted by Crippen LogP contribution is -1.88. The van der Waals surface area contributed by atoms with Gasteiger partial charge in [-0.05, 0) is 52.3 Å². The average molecular weight is 360 g/mol. The number of nitrogens with zero attached hydrogens (tertiary/aromatic N) is 1. The summed E-state index contributed by atoms with van der Waals surface area (Å²) in [6.45, 7) is 0. The fraction of sp³-hybridized carbons (Fsp3) is 0.118. The highest BCUT2D eigenvalue weighted by molar-refractivity contribution is 9.10. The van der Waals surface area contributed by atoms with E-state index in [0.29, 0.717) is 5.76 Å². The van der Waals surface area contributed by atoms with Gasteiger partial charge < -0.3 is 14.0 Å². The fourth-order valence-corrected chi connectivity index (χ4v) is 2.76. The molecule has 2 aromatic carbocycles. The predicted molar refractivity (Wildman–Crippen MR) is 88.2 cm³/mol. The second-order valence-electron chi connectivity index (χ2n) is 4.62. The Bertz CT molecular complexity index is 781. The van der Waals surface area contributed by atoms with E-state index >= 15 is 0 Å². The van der Waals surface area contributed by atoms with E-state index in [1.807, 2.05) is 48.5 Å². The Morgan fingerprint density at radius 3 is 2.45 bits per heavy atom. The third-order valence-corrected chi connectivity index (χ3v) is 4.00. The van der Waals surface area contributed by atoms with Gasteiger partial charge in [-0.3, -0.25) is 0 Å². The average Bonchev–Trinajstić information content (AvgIpc) is 3.04. The molecular weight excluding hydrogens is 346 g/mol. The summed E-state index contributed by atoms with van der Waals surface area (Å²) in [6.07, 6.45) is 0. The molecule has 3 aromatic rings. The Morgan fingerprint density at radius 2 is 1.77 bits per heavy atom. The molecular formula is C17H14BrNO3. The van der Waals surface area contributed by atoms with Gasteiger partial charge in [0.05, 0.1) is 19.8 Å². The molecule has 0 N–H and O–H groups in total. The van der Waals surface area contributed by atoms with Gasteiger partial charge in [-0.2, -0.15) is 0 Å². The van der Waals surface area contributed by atoms with E-state index in [-0.39, 0.29) is 0 Å². The maximum Gasteiger partial charge on any atom is 0.167 e. The third-order valence-electron chi connectivity index (χ3n) is 3.34. The molecule has 0 saturated carbocycles. The Balaban J connectivity index is 2.00. The summed E-state index contributed by atoms with van der Waals surface area (Å²) < 4.78 is 16.9. The SMILES string of the molecule is COc1ccc(-c2cc(-c3c(Br)cccc3OC)no2)cc1. The van der Waals surface area contributed by atoms with Crippen LogP contribution in [0, 0.1) is 0 Å². The van der Waals surface area contributed by atoms with Crippen LogP contribution in [0.2, 0.25) is 0 Å². The summed E-state index contributed by atoms with van der Waals surface area (Å²) in [5.41, 5.74) is 2.52. The molecule has 4 nitrogen and oxygen atoms in total. The Labute approximate surface area is 136 Å². The lowest BCUT2D eigenvalue weighted by atomic mass is 10.1. The highest BCUT2D eigenvalue weighted by Gasteiger charge is 2.15. The number of hydrogen-bond donors (Lipinski definition) is 0. The molecule has 0 unspecified atom stereocenters. The first-order valence-electron chi connectivity index (χ1n) is 6.67. The molecule has 0 radical (unpaired) electrons. The second-order valence-corrected chi connectivity index (χ2v) is 5.48. The van der Waals surface area contributed by atoms with Crippen molar-refractivity contribution >= 4 is 15.9 Å². The molecule has 0 aliphatic carbocycles. The predicted octanol–water partition coefficient (Wildman–Crippen LogP) is 4.79. The van der Waals surface area contributed by atoms with Gasteiger partial charge in [0.1, 0.15) is 17.2 Å². The molecule has 0 atom stereocenters. The number of methoxy groups -OCH3 is 2. The minimum atomic E-state index is 0.690. The quantitative estimate of drug-likeness (QED) is 0.671. The second kappa shape index (κ2) is 6.23. The van der Waals surface area contributed by atoms with Crippen molar-refractivity contribution in [2.45, 2.75) is 0 Å². The van der Waals surface area contributed by atoms with E-state index < -0.39 is 0 Å². The summed E-state index contributed by atoms with van der Waals surface area (Å²) in [7, 11) is 3.27.